The molecule has 0 radical (unpaired) electrons. The number of halogens is 1. The number of rotatable bonds is 2. The summed E-state index contributed by atoms with van der Waals surface area (Å²) in [4.78, 5) is 23.6. The van der Waals surface area contributed by atoms with E-state index in [4.69, 9.17) is 16.6 Å². The van der Waals surface area contributed by atoms with Crippen LogP contribution in [0.1, 0.15) is 29.8 Å². The van der Waals surface area contributed by atoms with Gasteiger partial charge in [-0.05, 0) is 44.5 Å². The Balaban J connectivity index is 2.04. The van der Waals surface area contributed by atoms with Crippen LogP contribution in [0.2, 0.25) is 5.15 Å². The van der Waals surface area contributed by atoms with Crippen molar-refractivity contribution in [1.29, 1.82) is 0 Å². The van der Waals surface area contributed by atoms with Gasteiger partial charge in [-0.1, -0.05) is 41.6 Å². The lowest BCUT2D eigenvalue weighted by Crippen LogP contribution is -2.46. The number of aryl methyl sites for hydroxylation is 1. The molecule has 24 heavy (non-hydrogen) atoms. The lowest BCUT2D eigenvalue weighted by atomic mass is 10.1. The number of pyridine rings is 1. The zero-order valence-corrected chi connectivity index (χ0v) is 15.4. The van der Waals surface area contributed by atoms with Gasteiger partial charge in [0, 0.05) is 11.9 Å². The molecule has 1 saturated heterocycles. The maximum atomic E-state index is 13.1. The highest BCUT2D eigenvalue weighted by Gasteiger charge is 2.42. The number of carbonyl (C=O) groups is 1. The molecule has 0 spiro atoms. The fourth-order valence-electron chi connectivity index (χ4n) is 2.53. The number of amides is 1. The molecule has 4 nitrogen and oxygen atoms in total. The van der Waals surface area contributed by atoms with Crippen LogP contribution < -0.4 is 0 Å². The molecule has 3 rings (SSSR count). The van der Waals surface area contributed by atoms with Crippen LogP contribution in [-0.4, -0.2) is 32.3 Å². The number of benzene rings is 1. The highest BCUT2D eigenvalue weighted by Crippen LogP contribution is 2.36. The molecule has 1 aliphatic rings. The number of hydrogen-bond acceptors (Lipinski definition) is 4. The molecular formula is C18H18ClN3OS. The van der Waals surface area contributed by atoms with Crippen LogP contribution in [0, 0.1) is 6.92 Å². The Kier molecular flexibility index (Phi) is 4.65. The van der Waals surface area contributed by atoms with Crippen molar-refractivity contribution >= 4 is 40.1 Å². The summed E-state index contributed by atoms with van der Waals surface area (Å²) in [6.07, 6.45) is 1.57. The second-order valence-electron chi connectivity index (χ2n) is 6.26. The largest absolute Gasteiger partial charge is 0.281 e. The number of amidine groups is 1. The number of aromatic nitrogens is 1. The van der Waals surface area contributed by atoms with Crippen molar-refractivity contribution in [2.45, 2.75) is 26.3 Å². The lowest BCUT2D eigenvalue weighted by Gasteiger charge is -2.30. The first-order chi connectivity index (χ1) is 11.4. The van der Waals surface area contributed by atoms with Gasteiger partial charge >= 0.3 is 0 Å². The third-order valence-corrected chi connectivity index (χ3v) is 5.56. The number of nitrogens with zero attached hydrogens (tertiary/aromatic N) is 3. The summed E-state index contributed by atoms with van der Waals surface area (Å²) in [6.45, 7) is 6.07. The molecule has 6 heteroatoms. The smallest absolute Gasteiger partial charge is 0.263 e. The number of aliphatic imine (C=N–C) groups is 1. The van der Waals surface area contributed by atoms with Gasteiger partial charge in [-0.15, -0.1) is 0 Å². The van der Waals surface area contributed by atoms with Gasteiger partial charge in [0.15, 0.2) is 5.17 Å². The van der Waals surface area contributed by atoms with Gasteiger partial charge in [-0.25, -0.2) is 9.98 Å². The summed E-state index contributed by atoms with van der Waals surface area (Å²) < 4.78 is 0. The Bertz CT molecular complexity index is 819. The van der Waals surface area contributed by atoms with Crippen molar-refractivity contribution in [2.24, 2.45) is 4.99 Å². The number of carbonyl (C=O) groups excluding carboxylic acids is 1. The molecular weight excluding hydrogens is 342 g/mol. The number of hydrogen-bond donors (Lipinski definition) is 0. The molecule has 0 saturated carbocycles. The zero-order chi connectivity index (χ0) is 17.3. The minimum atomic E-state index is -0.345. The van der Waals surface area contributed by atoms with E-state index in [1.807, 2.05) is 45.0 Å². The summed E-state index contributed by atoms with van der Waals surface area (Å²) in [6, 6.07) is 11.3. The van der Waals surface area contributed by atoms with Gasteiger partial charge in [0.05, 0.1) is 16.8 Å². The van der Waals surface area contributed by atoms with Gasteiger partial charge in [0.2, 0.25) is 0 Å². The second-order valence-corrected chi connectivity index (χ2v) is 7.56. The highest BCUT2D eigenvalue weighted by molar-refractivity contribution is 8.14. The molecule has 1 amide bonds. The predicted molar refractivity (Wildman–Crippen MR) is 100 cm³/mol. The molecule has 2 heterocycles. The first-order valence-electron chi connectivity index (χ1n) is 7.62. The monoisotopic (exact) mass is 359 g/mol. The summed E-state index contributed by atoms with van der Waals surface area (Å²) >= 11 is 7.70. The van der Waals surface area contributed by atoms with Gasteiger partial charge in [-0.3, -0.25) is 9.69 Å². The number of thioether (sulfide) groups is 1. The minimum Gasteiger partial charge on any atom is -0.281 e. The van der Waals surface area contributed by atoms with Crippen LogP contribution in [0.5, 0.6) is 0 Å². The van der Waals surface area contributed by atoms with E-state index in [9.17, 15) is 4.79 Å². The fraction of sp³-hybridized carbons (Fsp3) is 0.278. The van der Waals surface area contributed by atoms with Crippen molar-refractivity contribution in [1.82, 2.24) is 9.88 Å². The highest BCUT2D eigenvalue weighted by atomic mass is 35.5. The molecule has 0 N–H and O–H groups in total. The van der Waals surface area contributed by atoms with Crippen LogP contribution in [-0.2, 0) is 0 Å². The first kappa shape index (κ1) is 17.0. The molecule has 1 aromatic heterocycles. The van der Waals surface area contributed by atoms with Gasteiger partial charge in [0.25, 0.3) is 5.91 Å². The maximum Gasteiger partial charge on any atom is 0.263 e. The predicted octanol–water partition coefficient (Wildman–Crippen LogP) is 4.70. The maximum absolute atomic E-state index is 13.1. The first-order valence-corrected chi connectivity index (χ1v) is 8.99. The van der Waals surface area contributed by atoms with E-state index < -0.39 is 0 Å². The summed E-state index contributed by atoms with van der Waals surface area (Å²) in [5.41, 5.74) is 1.99. The van der Waals surface area contributed by atoms with Gasteiger partial charge in [-0.2, -0.15) is 0 Å². The molecule has 1 aliphatic heterocycles. The molecule has 0 atom stereocenters. The molecule has 124 valence electrons. The number of para-hydroxylation sites is 1. The Labute approximate surface area is 150 Å². The van der Waals surface area contributed by atoms with Crippen LogP contribution in [0.3, 0.4) is 0 Å². The normalized spacial score (nSPS) is 18.2. The van der Waals surface area contributed by atoms with E-state index in [1.165, 1.54) is 0 Å². The molecule has 1 fully saturated rings. The Hall–Kier alpha value is -1.85. The van der Waals surface area contributed by atoms with E-state index in [-0.39, 0.29) is 16.6 Å². The Morgan fingerprint density at radius 1 is 1.29 bits per heavy atom. The van der Waals surface area contributed by atoms with E-state index in [1.54, 1.807) is 35.0 Å². The zero-order valence-electron chi connectivity index (χ0n) is 13.8. The van der Waals surface area contributed by atoms with Crippen molar-refractivity contribution in [2.75, 3.05) is 5.75 Å². The average molecular weight is 360 g/mol. The average Bonchev–Trinajstić information content (AvgIpc) is 2.84. The van der Waals surface area contributed by atoms with Crippen molar-refractivity contribution in [3.8, 4) is 0 Å². The van der Waals surface area contributed by atoms with E-state index in [0.29, 0.717) is 10.7 Å². The van der Waals surface area contributed by atoms with E-state index >= 15 is 0 Å². The Morgan fingerprint density at radius 2 is 2.04 bits per heavy atom. The summed E-state index contributed by atoms with van der Waals surface area (Å²) in [7, 11) is 0. The quantitative estimate of drug-likeness (QED) is 0.730. The van der Waals surface area contributed by atoms with Crippen LogP contribution in [0.15, 0.2) is 47.6 Å². The lowest BCUT2D eigenvalue weighted by molar-refractivity contribution is 0.0767. The molecule has 0 unspecified atom stereocenters. The minimum absolute atomic E-state index is 0.171. The topological polar surface area (TPSA) is 45.6 Å². The van der Waals surface area contributed by atoms with Crippen molar-refractivity contribution in [3.05, 3.63) is 58.9 Å². The SMILES string of the molecule is Cc1ccccc1N=C1SCC(C)(C)N1C(=O)c1cccnc1Cl. The molecule has 1 aromatic carbocycles. The summed E-state index contributed by atoms with van der Waals surface area (Å²) in [5, 5.41) is 0.907. The fourth-order valence-corrected chi connectivity index (χ4v) is 3.96. The second kappa shape index (κ2) is 6.57. The third-order valence-electron chi connectivity index (χ3n) is 3.88. The standard InChI is InChI=1S/C18H18ClN3OS/c1-12-7-4-5-9-14(12)21-17-22(18(2,3)11-24-17)16(23)13-8-6-10-20-15(13)19/h4-10H,11H2,1-3H3. The molecule has 0 bridgehead atoms. The molecule has 0 aliphatic carbocycles. The van der Waals surface area contributed by atoms with E-state index in [0.717, 1.165) is 17.0 Å². The van der Waals surface area contributed by atoms with Gasteiger partial charge in [0.1, 0.15) is 5.15 Å². The van der Waals surface area contributed by atoms with Crippen molar-refractivity contribution < 1.29 is 4.79 Å². The summed E-state index contributed by atoms with van der Waals surface area (Å²) in [5.74, 6) is 0.608. The van der Waals surface area contributed by atoms with Crippen LogP contribution in [0.4, 0.5) is 5.69 Å². The van der Waals surface area contributed by atoms with Crippen molar-refractivity contribution in [3.63, 3.8) is 0 Å². The molecule has 2 aromatic rings. The van der Waals surface area contributed by atoms with E-state index in [2.05, 4.69) is 4.98 Å². The van der Waals surface area contributed by atoms with Crippen LogP contribution >= 0.6 is 23.4 Å². The van der Waals surface area contributed by atoms with Crippen LogP contribution in [0.25, 0.3) is 0 Å². The van der Waals surface area contributed by atoms with Gasteiger partial charge < -0.3 is 0 Å². The third kappa shape index (κ3) is 3.19. The Morgan fingerprint density at radius 3 is 2.75 bits per heavy atom.